The van der Waals surface area contributed by atoms with Gasteiger partial charge in [0.15, 0.2) is 0 Å². The molecule has 1 nitrogen and oxygen atoms in total. The smallest absolute Gasteiger partial charge is 0.0711 e. The molecule has 1 fully saturated rings. The Labute approximate surface area is 93.4 Å². The molecule has 0 unspecified atom stereocenters. The minimum Gasteiger partial charge on any atom is -0.357 e. The normalized spacial score (nSPS) is 17.6. The maximum atomic E-state index is 5.94. The van der Waals surface area contributed by atoms with Gasteiger partial charge in [0, 0.05) is 21.6 Å². The molecule has 2 heteroatoms. The van der Waals surface area contributed by atoms with Gasteiger partial charge in [-0.2, -0.15) is 0 Å². The number of H-pyrrole nitrogens is 1. The number of hydrogen-bond donors (Lipinski definition) is 1. The highest BCUT2D eigenvalue weighted by molar-refractivity contribution is 6.31. The van der Waals surface area contributed by atoms with E-state index in [0.29, 0.717) is 0 Å². The van der Waals surface area contributed by atoms with Gasteiger partial charge in [-0.15, -0.1) is 6.42 Å². The van der Waals surface area contributed by atoms with Crippen molar-refractivity contribution in [3.63, 3.8) is 0 Å². The maximum absolute atomic E-state index is 5.94. The van der Waals surface area contributed by atoms with Crippen LogP contribution in [0.15, 0.2) is 24.3 Å². The summed E-state index contributed by atoms with van der Waals surface area (Å²) in [4.78, 5) is 3.38. The van der Waals surface area contributed by atoms with Crippen molar-refractivity contribution >= 4 is 22.5 Å². The summed E-state index contributed by atoms with van der Waals surface area (Å²) in [6.07, 6.45) is 7.73. The summed E-state index contributed by atoms with van der Waals surface area (Å²) in [7, 11) is 0. The molecule has 1 N–H and O–H groups in total. The number of terminal acetylenes is 1. The van der Waals surface area contributed by atoms with Gasteiger partial charge in [-0.1, -0.05) is 17.5 Å². The van der Waals surface area contributed by atoms with Gasteiger partial charge < -0.3 is 4.98 Å². The van der Waals surface area contributed by atoms with E-state index in [4.69, 9.17) is 18.0 Å². The molecule has 2 aromatic rings. The van der Waals surface area contributed by atoms with E-state index in [1.807, 2.05) is 18.2 Å². The Morgan fingerprint density at radius 3 is 2.80 bits per heavy atom. The molecule has 0 amide bonds. The minimum atomic E-state index is -0.0223. The quantitative estimate of drug-likeness (QED) is 0.701. The van der Waals surface area contributed by atoms with Gasteiger partial charge in [0.25, 0.3) is 0 Å². The first kappa shape index (κ1) is 8.88. The van der Waals surface area contributed by atoms with Crippen molar-refractivity contribution in [2.75, 3.05) is 0 Å². The van der Waals surface area contributed by atoms with Crippen molar-refractivity contribution in [1.29, 1.82) is 0 Å². The van der Waals surface area contributed by atoms with Gasteiger partial charge in [-0.3, -0.25) is 0 Å². The lowest BCUT2D eigenvalue weighted by atomic mass is 10.0. The molecular weight excluding hydrogens is 206 g/mol. The number of fused-ring (bicyclic) bond motifs is 1. The summed E-state index contributed by atoms with van der Waals surface area (Å²) in [5.74, 6) is 2.88. The molecule has 0 atom stereocenters. The molecule has 0 spiro atoms. The van der Waals surface area contributed by atoms with Crippen LogP contribution in [-0.2, 0) is 5.41 Å². The Bertz CT molecular complexity index is 570. The van der Waals surface area contributed by atoms with E-state index in [2.05, 4.69) is 17.0 Å². The Balaban J connectivity index is 2.19. The average Bonchev–Trinajstić information content (AvgIpc) is 2.93. The predicted octanol–water partition coefficient (Wildman–Crippen LogP) is 3.49. The summed E-state index contributed by atoms with van der Waals surface area (Å²) < 4.78 is 0. The van der Waals surface area contributed by atoms with Crippen LogP contribution in [0.4, 0.5) is 0 Å². The van der Waals surface area contributed by atoms with E-state index in [1.54, 1.807) is 0 Å². The van der Waals surface area contributed by atoms with E-state index < -0.39 is 0 Å². The number of halogens is 1. The van der Waals surface area contributed by atoms with Crippen molar-refractivity contribution < 1.29 is 0 Å². The molecule has 3 rings (SSSR count). The highest BCUT2D eigenvalue weighted by atomic mass is 35.5. The lowest BCUT2D eigenvalue weighted by Crippen LogP contribution is -2.01. The van der Waals surface area contributed by atoms with Crippen molar-refractivity contribution in [2.24, 2.45) is 0 Å². The van der Waals surface area contributed by atoms with Crippen LogP contribution < -0.4 is 0 Å². The number of rotatable bonds is 1. The van der Waals surface area contributed by atoms with Crippen molar-refractivity contribution in [3.05, 3.63) is 35.0 Å². The van der Waals surface area contributed by atoms with Crippen molar-refractivity contribution in [1.82, 2.24) is 4.98 Å². The Morgan fingerprint density at radius 2 is 2.13 bits per heavy atom. The van der Waals surface area contributed by atoms with Crippen LogP contribution in [0.3, 0.4) is 0 Å². The third-order valence-electron chi connectivity index (χ3n) is 3.12. The minimum absolute atomic E-state index is 0.0223. The van der Waals surface area contributed by atoms with Crippen LogP contribution >= 0.6 is 11.6 Å². The first-order valence-corrected chi connectivity index (χ1v) is 5.38. The lowest BCUT2D eigenvalue weighted by Gasteiger charge is -2.02. The zero-order valence-corrected chi connectivity index (χ0v) is 8.93. The van der Waals surface area contributed by atoms with E-state index in [9.17, 15) is 0 Å². The number of aromatic nitrogens is 1. The monoisotopic (exact) mass is 215 g/mol. The zero-order chi connectivity index (χ0) is 10.5. The molecule has 0 bridgehead atoms. The van der Waals surface area contributed by atoms with Gasteiger partial charge in [0.2, 0.25) is 0 Å². The Hall–Kier alpha value is -1.39. The van der Waals surface area contributed by atoms with Crippen LogP contribution in [0.2, 0.25) is 5.02 Å². The Kier molecular flexibility index (Phi) is 1.66. The number of aromatic amines is 1. The SMILES string of the molecule is C#CC1(c2cc3cc(Cl)ccc3[nH]2)CC1. The molecule has 0 saturated heterocycles. The van der Waals surface area contributed by atoms with Crippen LogP contribution in [0, 0.1) is 12.3 Å². The van der Waals surface area contributed by atoms with Crippen LogP contribution in [0.1, 0.15) is 18.5 Å². The highest BCUT2D eigenvalue weighted by Crippen LogP contribution is 2.47. The van der Waals surface area contributed by atoms with Crippen molar-refractivity contribution in [2.45, 2.75) is 18.3 Å². The fraction of sp³-hybridized carbons (Fsp3) is 0.231. The summed E-state index contributed by atoms with van der Waals surface area (Å²) in [6, 6.07) is 7.96. The molecule has 74 valence electrons. The molecule has 15 heavy (non-hydrogen) atoms. The predicted molar refractivity (Wildman–Crippen MR) is 63.1 cm³/mol. The van der Waals surface area contributed by atoms with Gasteiger partial charge >= 0.3 is 0 Å². The lowest BCUT2D eigenvalue weighted by molar-refractivity contribution is 0.890. The fourth-order valence-corrected chi connectivity index (χ4v) is 2.16. The molecule has 1 aromatic carbocycles. The standard InChI is InChI=1S/C13H10ClN/c1-2-13(5-6-13)12-8-9-7-10(14)3-4-11(9)15-12/h1,3-4,7-8,15H,5-6H2. The van der Waals surface area contributed by atoms with Crippen LogP contribution in [0.25, 0.3) is 10.9 Å². The van der Waals surface area contributed by atoms with Gasteiger partial charge in [-0.25, -0.2) is 0 Å². The Morgan fingerprint density at radius 1 is 1.33 bits per heavy atom. The first-order valence-electron chi connectivity index (χ1n) is 5.00. The fourth-order valence-electron chi connectivity index (χ4n) is 1.98. The van der Waals surface area contributed by atoms with E-state index >= 15 is 0 Å². The number of hydrogen-bond acceptors (Lipinski definition) is 0. The average molecular weight is 216 g/mol. The number of benzene rings is 1. The largest absolute Gasteiger partial charge is 0.357 e. The van der Waals surface area contributed by atoms with Crippen molar-refractivity contribution in [3.8, 4) is 12.3 Å². The van der Waals surface area contributed by atoms with Crippen LogP contribution in [0.5, 0.6) is 0 Å². The summed E-state index contributed by atoms with van der Waals surface area (Å²) in [5.41, 5.74) is 2.24. The molecule has 1 heterocycles. The topological polar surface area (TPSA) is 15.8 Å². The second-order valence-electron chi connectivity index (χ2n) is 4.14. The van der Waals surface area contributed by atoms with Crippen LogP contribution in [-0.4, -0.2) is 4.98 Å². The number of nitrogens with one attached hydrogen (secondary N) is 1. The van der Waals surface area contributed by atoms with Gasteiger partial charge in [0.05, 0.1) is 5.41 Å². The molecule has 1 aliphatic rings. The van der Waals surface area contributed by atoms with E-state index in [1.165, 1.54) is 0 Å². The summed E-state index contributed by atoms with van der Waals surface area (Å²) in [5, 5.41) is 1.90. The molecular formula is C13H10ClN. The molecule has 1 saturated carbocycles. The van der Waals surface area contributed by atoms with E-state index in [0.717, 1.165) is 34.5 Å². The molecule has 0 radical (unpaired) electrons. The third kappa shape index (κ3) is 1.26. The van der Waals surface area contributed by atoms with Gasteiger partial charge in [0.1, 0.15) is 0 Å². The van der Waals surface area contributed by atoms with Gasteiger partial charge in [-0.05, 0) is 37.1 Å². The molecule has 0 aliphatic heterocycles. The molecule has 1 aromatic heterocycles. The second kappa shape index (κ2) is 2.81. The first-order chi connectivity index (χ1) is 7.23. The second-order valence-corrected chi connectivity index (χ2v) is 4.58. The summed E-state index contributed by atoms with van der Waals surface area (Å²) >= 11 is 5.94. The highest BCUT2D eigenvalue weighted by Gasteiger charge is 2.43. The molecule has 1 aliphatic carbocycles. The summed E-state index contributed by atoms with van der Waals surface area (Å²) in [6.45, 7) is 0. The van der Waals surface area contributed by atoms with E-state index in [-0.39, 0.29) is 5.41 Å². The zero-order valence-electron chi connectivity index (χ0n) is 8.18. The maximum Gasteiger partial charge on any atom is 0.0711 e. The third-order valence-corrected chi connectivity index (χ3v) is 3.36.